The van der Waals surface area contributed by atoms with Crippen molar-refractivity contribution in [1.29, 1.82) is 0 Å². The normalized spacial score (nSPS) is 9.56. The summed E-state index contributed by atoms with van der Waals surface area (Å²) >= 11 is 0. The van der Waals surface area contributed by atoms with E-state index in [0.29, 0.717) is 19.3 Å². The number of carbonyl (C=O) groups is 2. The van der Waals surface area contributed by atoms with Gasteiger partial charge in [0.1, 0.15) is 0 Å². The van der Waals surface area contributed by atoms with Crippen LogP contribution in [0.5, 0.6) is 0 Å². The van der Waals surface area contributed by atoms with Gasteiger partial charge in [0.2, 0.25) is 0 Å². The molecule has 0 aliphatic rings. The molecule has 0 rings (SSSR count). The summed E-state index contributed by atoms with van der Waals surface area (Å²) in [5, 5.41) is 0. The molecule has 0 aromatic carbocycles. The van der Waals surface area contributed by atoms with Crippen LogP contribution < -0.4 is 0 Å². The minimum Gasteiger partial charge on any atom is -0.468 e. The summed E-state index contributed by atoms with van der Waals surface area (Å²) in [5.41, 5.74) is 0. The number of hydrogen-bond donors (Lipinski definition) is 0. The van der Waals surface area contributed by atoms with Crippen LogP contribution in [0.4, 0.5) is 0 Å². The molecular formula is C14H22O4. The van der Waals surface area contributed by atoms with Gasteiger partial charge in [-0.3, -0.25) is 9.59 Å². The molecule has 0 saturated carbocycles. The molecule has 0 N–H and O–H groups in total. The van der Waals surface area contributed by atoms with E-state index in [-0.39, 0.29) is 0 Å². The Labute approximate surface area is 109 Å². The van der Waals surface area contributed by atoms with Crippen LogP contribution in [-0.4, -0.2) is 26.2 Å². The number of rotatable bonds is 7. The second-order valence-corrected chi connectivity index (χ2v) is 3.95. The molecule has 0 amide bonds. The Morgan fingerprint density at radius 2 is 1.50 bits per heavy atom. The van der Waals surface area contributed by atoms with Crippen molar-refractivity contribution in [3.05, 3.63) is 0 Å². The van der Waals surface area contributed by atoms with Gasteiger partial charge in [-0.25, -0.2) is 0 Å². The molecule has 0 atom stereocenters. The van der Waals surface area contributed by atoms with Crippen LogP contribution in [0.1, 0.15) is 45.4 Å². The van der Waals surface area contributed by atoms with Gasteiger partial charge in [0.05, 0.1) is 14.2 Å². The Hall–Kier alpha value is -1.50. The van der Waals surface area contributed by atoms with E-state index in [1.165, 1.54) is 14.2 Å². The van der Waals surface area contributed by atoms with Crippen LogP contribution >= 0.6 is 0 Å². The van der Waals surface area contributed by atoms with Gasteiger partial charge in [-0.15, -0.1) is 11.8 Å². The monoisotopic (exact) mass is 254 g/mol. The summed E-state index contributed by atoms with van der Waals surface area (Å²) in [6, 6.07) is 0. The molecule has 0 saturated heterocycles. The van der Waals surface area contributed by atoms with Crippen LogP contribution in [0, 0.1) is 17.8 Å². The molecule has 0 bridgehead atoms. The van der Waals surface area contributed by atoms with Gasteiger partial charge >= 0.3 is 11.9 Å². The van der Waals surface area contributed by atoms with Gasteiger partial charge in [-0.2, -0.15) is 0 Å². The smallest absolute Gasteiger partial charge is 0.320 e. The topological polar surface area (TPSA) is 52.6 Å². The van der Waals surface area contributed by atoms with Crippen molar-refractivity contribution < 1.29 is 19.1 Å². The van der Waals surface area contributed by atoms with Gasteiger partial charge < -0.3 is 9.47 Å². The van der Waals surface area contributed by atoms with Gasteiger partial charge in [0.15, 0.2) is 5.92 Å². The first-order chi connectivity index (χ1) is 8.67. The first-order valence-corrected chi connectivity index (χ1v) is 6.28. The van der Waals surface area contributed by atoms with Gasteiger partial charge in [0, 0.05) is 12.8 Å². The lowest BCUT2D eigenvalue weighted by atomic mass is 10.0. The van der Waals surface area contributed by atoms with E-state index < -0.39 is 17.9 Å². The Morgan fingerprint density at radius 1 is 1.00 bits per heavy atom. The van der Waals surface area contributed by atoms with Crippen LogP contribution in [0.15, 0.2) is 0 Å². The lowest BCUT2D eigenvalue weighted by Crippen LogP contribution is -2.26. The number of hydrogen-bond acceptors (Lipinski definition) is 4. The summed E-state index contributed by atoms with van der Waals surface area (Å²) in [6.45, 7) is 2.12. The maximum Gasteiger partial charge on any atom is 0.320 e. The van der Waals surface area contributed by atoms with E-state index in [1.54, 1.807) is 0 Å². The summed E-state index contributed by atoms with van der Waals surface area (Å²) in [5.74, 6) is 4.20. The first kappa shape index (κ1) is 16.5. The molecule has 102 valence electrons. The molecule has 0 radical (unpaired) electrons. The van der Waals surface area contributed by atoms with E-state index in [4.69, 9.17) is 0 Å². The lowest BCUT2D eigenvalue weighted by Gasteiger charge is -2.10. The van der Waals surface area contributed by atoms with Crippen LogP contribution in [0.25, 0.3) is 0 Å². The third-order valence-corrected chi connectivity index (χ3v) is 2.55. The number of carbonyl (C=O) groups excluding carboxylic acids is 2. The van der Waals surface area contributed by atoms with E-state index in [9.17, 15) is 9.59 Å². The zero-order valence-electron chi connectivity index (χ0n) is 11.5. The Morgan fingerprint density at radius 3 is 1.94 bits per heavy atom. The van der Waals surface area contributed by atoms with E-state index in [1.807, 2.05) is 0 Å². The zero-order chi connectivity index (χ0) is 13.8. The van der Waals surface area contributed by atoms with Crippen LogP contribution in [-0.2, 0) is 19.1 Å². The number of ether oxygens (including phenoxy) is 2. The lowest BCUT2D eigenvalue weighted by molar-refractivity contribution is -0.159. The van der Waals surface area contributed by atoms with Crippen molar-refractivity contribution in [1.82, 2.24) is 0 Å². The molecule has 0 aliphatic heterocycles. The maximum absolute atomic E-state index is 11.4. The minimum atomic E-state index is -0.822. The van der Waals surface area contributed by atoms with Crippen molar-refractivity contribution in [3.63, 3.8) is 0 Å². The fourth-order valence-electron chi connectivity index (χ4n) is 1.45. The largest absolute Gasteiger partial charge is 0.468 e. The number of esters is 2. The molecule has 0 heterocycles. The van der Waals surface area contributed by atoms with Crippen LogP contribution in [0.2, 0.25) is 0 Å². The fourth-order valence-corrected chi connectivity index (χ4v) is 1.45. The van der Waals surface area contributed by atoms with Crippen LogP contribution in [0.3, 0.4) is 0 Å². The van der Waals surface area contributed by atoms with Crippen molar-refractivity contribution in [2.45, 2.75) is 45.4 Å². The van der Waals surface area contributed by atoms with Gasteiger partial charge in [0.25, 0.3) is 0 Å². The summed E-state index contributed by atoms with van der Waals surface area (Å²) in [7, 11) is 2.53. The zero-order valence-corrected chi connectivity index (χ0v) is 11.5. The van der Waals surface area contributed by atoms with Crippen molar-refractivity contribution in [2.75, 3.05) is 14.2 Å². The predicted molar refractivity (Wildman–Crippen MR) is 68.7 cm³/mol. The van der Waals surface area contributed by atoms with E-state index in [0.717, 1.165) is 19.3 Å². The molecule has 4 heteroatoms. The molecule has 0 aromatic rings. The fraction of sp³-hybridized carbons (Fsp3) is 0.714. The highest BCUT2D eigenvalue weighted by Gasteiger charge is 2.27. The highest BCUT2D eigenvalue weighted by molar-refractivity contribution is 5.94. The standard InChI is InChI=1S/C14H22O4/c1-4-5-6-7-8-9-10-11-12(13(15)17-2)14(16)18-3/h12H,4-6,9-11H2,1-3H3. The molecule has 0 unspecified atom stereocenters. The first-order valence-electron chi connectivity index (χ1n) is 6.28. The molecule has 0 fully saturated rings. The third kappa shape index (κ3) is 6.95. The highest BCUT2D eigenvalue weighted by Crippen LogP contribution is 2.12. The van der Waals surface area contributed by atoms with Crippen molar-refractivity contribution >= 4 is 11.9 Å². The maximum atomic E-state index is 11.4. The average Bonchev–Trinajstić information content (AvgIpc) is 2.40. The number of unbranched alkanes of at least 4 members (excludes halogenated alkanes) is 3. The SMILES string of the molecule is CCCCC#CCCCC(C(=O)OC)C(=O)OC. The molecule has 0 aliphatic carbocycles. The Kier molecular flexibility index (Phi) is 9.75. The van der Waals surface area contributed by atoms with Crippen molar-refractivity contribution in [2.24, 2.45) is 5.92 Å². The molecule has 4 nitrogen and oxygen atoms in total. The molecule has 18 heavy (non-hydrogen) atoms. The van der Waals surface area contributed by atoms with E-state index >= 15 is 0 Å². The molecular weight excluding hydrogens is 232 g/mol. The molecule has 0 aromatic heterocycles. The second kappa shape index (κ2) is 10.6. The average molecular weight is 254 g/mol. The third-order valence-electron chi connectivity index (χ3n) is 2.55. The number of methoxy groups -OCH3 is 2. The molecule has 0 spiro atoms. The Balaban J connectivity index is 4.00. The second-order valence-electron chi connectivity index (χ2n) is 3.95. The summed E-state index contributed by atoms with van der Waals surface area (Å²) in [6.07, 6.45) is 4.96. The summed E-state index contributed by atoms with van der Waals surface area (Å²) < 4.78 is 9.14. The quantitative estimate of drug-likeness (QED) is 0.303. The highest BCUT2D eigenvalue weighted by atomic mass is 16.5. The Bertz CT molecular complexity index is 295. The summed E-state index contributed by atoms with van der Waals surface area (Å²) in [4.78, 5) is 22.7. The van der Waals surface area contributed by atoms with Crippen molar-refractivity contribution in [3.8, 4) is 11.8 Å². The van der Waals surface area contributed by atoms with E-state index in [2.05, 4.69) is 28.2 Å². The van der Waals surface area contributed by atoms with Gasteiger partial charge in [-0.1, -0.05) is 13.3 Å². The predicted octanol–water partition coefficient (Wildman–Crippen LogP) is 2.31. The minimum absolute atomic E-state index is 0.418. The van der Waals surface area contributed by atoms with Gasteiger partial charge in [-0.05, 0) is 19.3 Å².